The average molecular weight is 346 g/mol. The van der Waals surface area contributed by atoms with Crippen LogP contribution in [0, 0.1) is 10.1 Å². The van der Waals surface area contributed by atoms with E-state index in [1.54, 1.807) is 6.20 Å². The van der Waals surface area contributed by atoms with Crippen LogP contribution in [0.3, 0.4) is 0 Å². The maximum Gasteiger partial charge on any atom is 0.326 e. The van der Waals surface area contributed by atoms with Crippen LogP contribution >= 0.6 is 0 Å². The fourth-order valence-corrected chi connectivity index (χ4v) is 2.34. The number of nitro groups is 1. The number of carboxylic acids is 1. The minimum Gasteiger partial charge on any atom is -0.480 e. The highest BCUT2D eigenvalue weighted by Crippen LogP contribution is 2.24. The van der Waals surface area contributed by atoms with Gasteiger partial charge in [-0.05, 0) is 18.6 Å². The number of nitro benzene ring substituents is 1. The molecule has 0 aliphatic rings. The quantitative estimate of drug-likeness (QED) is 0.557. The van der Waals surface area contributed by atoms with Crippen LogP contribution in [0.25, 0.3) is 5.69 Å². The largest absolute Gasteiger partial charge is 0.480 e. The molecule has 1 aromatic carbocycles. The Bertz CT molecular complexity index is 773. The van der Waals surface area contributed by atoms with Gasteiger partial charge in [0.25, 0.3) is 11.6 Å². The summed E-state index contributed by atoms with van der Waals surface area (Å²) in [6.45, 7) is 1.92. The number of carboxylic acid groups (broad SMARTS) is 1. The molecule has 1 heterocycles. The molecule has 25 heavy (non-hydrogen) atoms. The number of hydrogen-bond acceptors (Lipinski definition) is 5. The van der Waals surface area contributed by atoms with E-state index in [2.05, 4.69) is 10.3 Å². The van der Waals surface area contributed by atoms with Crippen LogP contribution in [0.1, 0.15) is 36.5 Å². The Morgan fingerprint density at radius 3 is 2.76 bits per heavy atom. The van der Waals surface area contributed by atoms with Crippen molar-refractivity contribution in [2.45, 2.75) is 32.2 Å². The fraction of sp³-hybridized carbons (Fsp3) is 0.312. The molecule has 2 N–H and O–H groups in total. The molecule has 2 rings (SSSR count). The van der Waals surface area contributed by atoms with Gasteiger partial charge in [-0.1, -0.05) is 19.8 Å². The molecule has 2 aromatic rings. The van der Waals surface area contributed by atoms with Crippen LogP contribution in [0.4, 0.5) is 5.69 Å². The van der Waals surface area contributed by atoms with Crippen molar-refractivity contribution in [3.63, 3.8) is 0 Å². The van der Waals surface area contributed by atoms with E-state index in [-0.39, 0.29) is 16.9 Å². The van der Waals surface area contributed by atoms with Crippen molar-refractivity contribution in [2.75, 3.05) is 0 Å². The number of nitrogens with zero attached hydrogens (tertiary/aromatic N) is 3. The van der Waals surface area contributed by atoms with Crippen LogP contribution in [-0.4, -0.2) is 37.5 Å². The maximum absolute atomic E-state index is 12.3. The molecule has 0 aliphatic carbocycles. The Labute approximate surface area is 143 Å². The van der Waals surface area contributed by atoms with Crippen molar-refractivity contribution in [3.8, 4) is 5.69 Å². The van der Waals surface area contributed by atoms with Gasteiger partial charge >= 0.3 is 5.97 Å². The minimum atomic E-state index is -1.13. The monoisotopic (exact) mass is 346 g/mol. The smallest absolute Gasteiger partial charge is 0.326 e. The van der Waals surface area contributed by atoms with Crippen LogP contribution < -0.4 is 5.32 Å². The van der Waals surface area contributed by atoms with Crippen molar-refractivity contribution >= 4 is 17.6 Å². The van der Waals surface area contributed by atoms with E-state index in [1.165, 1.54) is 29.2 Å². The van der Waals surface area contributed by atoms with Gasteiger partial charge < -0.3 is 15.0 Å². The third-order valence-electron chi connectivity index (χ3n) is 3.67. The highest BCUT2D eigenvalue weighted by molar-refractivity contribution is 5.97. The summed E-state index contributed by atoms with van der Waals surface area (Å²) in [6.07, 6.45) is 6.19. The van der Waals surface area contributed by atoms with Crippen LogP contribution in [0.2, 0.25) is 0 Å². The third kappa shape index (κ3) is 4.40. The molecule has 0 radical (unpaired) electrons. The number of carbonyl (C=O) groups is 2. The summed E-state index contributed by atoms with van der Waals surface area (Å²) in [7, 11) is 0. The highest BCUT2D eigenvalue weighted by Gasteiger charge is 2.23. The number of rotatable bonds is 8. The third-order valence-corrected chi connectivity index (χ3v) is 3.67. The van der Waals surface area contributed by atoms with Crippen molar-refractivity contribution in [2.24, 2.45) is 0 Å². The van der Waals surface area contributed by atoms with Crippen LogP contribution in [0.15, 0.2) is 36.9 Å². The van der Waals surface area contributed by atoms with Gasteiger partial charge in [0.05, 0.1) is 11.3 Å². The minimum absolute atomic E-state index is 0.0262. The molecule has 1 aromatic heterocycles. The van der Waals surface area contributed by atoms with Crippen molar-refractivity contribution in [3.05, 3.63) is 52.6 Å². The molecule has 1 atom stereocenters. The summed E-state index contributed by atoms with van der Waals surface area (Å²) in [5, 5.41) is 22.9. The number of unbranched alkanes of at least 4 members (excludes halogenated alkanes) is 1. The summed E-state index contributed by atoms with van der Waals surface area (Å²) >= 11 is 0. The zero-order valence-electron chi connectivity index (χ0n) is 13.6. The summed E-state index contributed by atoms with van der Waals surface area (Å²) < 4.78 is 1.46. The molecule has 9 nitrogen and oxygen atoms in total. The number of carbonyl (C=O) groups excluding carboxylic acids is 1. The summed E-state index contributed by atoms with van der Waals surface area (Å²) in [5.74, 6) is -1.80. The molecule has 9 heteroatoms. The summed E-state index contributed by atoms with van der Waals surface area (Å²) in [6, 6.07) is 2.94. The fourth-order valence-electron chi connectivity index (χ4n) is 2.34. The number of aromatic nitrogens is 2. The van der Waals surface area contributed by atoms with E-state index in [4.69, 9.17) is 0 Å². The first kappa shape index (κ1) is 18.1. The molecule has 0 fully saturated rings. The second kappa shape index (κ2) is 8.04. The Balaban J connectivity index is 2.27. The van der Waals surface area contributed by atoms with E-state index < -0.39 is 22.8 Å². The van der Waals surface area contributed by atoms with E-state index in [9.17, 15) is 24.8 Å². The van der Waals surface area contributed by atoms with Crippen LogP contribution in [-0.2, 0) is 4.79 Å². The second-order valence-electron chi connectivity index (χ2n) is 5.44. The lowest BCUT2D eigenvalue weighted by Crippen LogP contribution is -2.40. The molecule has 1 amide bonds. The zero-order valence-corrected chi connectivity index (χ0v) is 13.6. The Morgan fingerprint density at radius 1 is 1.44 bits per heavy atom. The predicted octanol–water partition coefficient (Wildman–Crippen LogP) is 2.15. The molecule has 132 valence electrons. The van der Waals surface area contributed by atoms with Crippen molar-refractivity contribution in [1.29, 1.82) is 0 Å². The van der Waals surface area contributed by atoms with Gasteiger partial charge in [-0.3, -0.25) is 14.9 Å². The van der Waals surface area contributed by atoms with Gasteiger partial charge in [-0.2, -0.15) is 0 Å². The molecule has 0 aliphatic heterocycles. The van der Waals surface area contributed by atoms with Gasteiger partial charge in [0.15, 0.2) is 0 Å². The first-order valence-corrected chi connectivity index (χ1v) is 7.74. The maximum atomic E-state index is 12.3. The first-order chi connectivity index (χ1) is 11.9. The zero-order chi connectivity index (χ0) is 18.4. The van der Waals surface area contributed by atoms with Gasteiger partial charge in [0.2, 0.25) is 0 Å². The molecule has 1 unspecified atom stereocenters. The Morgan fingerprint density at radius 2 is 2.20 bits per heavy atom. The SMILES string of the molecule is CCCCC(NC(=O)c1ccc(-n2ccnc2)c([N+](=O)[O-])c1)C(=O)O. The molecule has 0 bridgehead atoms. The summed E-state index contributed by atoms with van der Waals surface area (Å²) in [4.78, 5) is 38.1. The van der Waals surface area contributed by atoms with E-state index in [0.29, 0.717) is 12.8 Å². The normalized spacial score (nSPS) is 11.7. The number of benzene rings is 1. The Hall–Kier alpha value is -3.23. The van der Waals surface area contributed by atoms with Gasteiger partial charge in [0.1, 0.15) is 11.7 Å². The Kier molecular flexibility index (Phi) is 5.83. The molecule has 0 saturated heterocycles. The van der Waals surface area contributed by atoms with Crippen molar-refractivity contribution in [1.82, 2.24) is 14.9 Å². The second-order valence-corrected chi connectivity index (χ2v) is 5.44. The molecular weight excluding hydrogens is 328 g/mol. The predicted molar refractivity (Wildman–Crippen MR) is 88.6 cm³/mol. The lowest BCUT2D eigenvalue weighted by Gasteiger charge is -2.14. The lowest BCUT2D eigenvalue weighted by molar-refractivity contribution is -0.384. The van der Waals surface area contributed by atoms with Crippen molar-refractivity contribution < 1.29 is 19.6 Å². The number of imidazole rings is 1. The van der Waals surface area contributed by atoms with Crippen LogP contribution in [0.5, 0.6) is 0 Å². The van der Waals surface area contributed by atoms with Gasteiger partial charge in [-0.15, -0.1) is 0 Å². The number of aliphatic carboxylic acids is 1. The lowest BCUT2D eigenvalue weighted by atomic mass is 10.1. The summed E-state index contributed by atoms with van der Waals surface area (Å²) in [5.41, 5.74) is 0.0178. The van der Waals surface area contributed by atoms with Gasteiger partial charge in [-0.25, -0.2) is 9.78 Å². The highest BCUT2D eigenvalue weighted by atomic mass is 16.6. The molecular formula is C16H18N4O5. The molecule has 0 spiro atoms. The van der Waals surface area contributed by atoms with Gasteiger partial charge in [0, 0.05) is 24.0 Å². The molecule has 0 saturated carbocycles. The number of amides is 1. The van der Waals surface area contributed by atoms with E-state index >= 15 is 0 Å². The average Bonchev–Trinajstić information content (AvgIpc) is 3.11. The topological polar surface area (TPSA) is 127 Å². The van der Waals surface area contributed by atoms with E-state index in [0.717, 1.165) is 12.5 Å². The standard InChI is InChI=1S/C16H18N4O5/c1-2-3-4-12(16(22)23)18-15(21)11-5-6-13(14(9-11)20(24)25)19-8-7-17-10-19/h5-10,12H,2-4H2,1H3,(H,18,21)(H,22,23). The van der Waals surface area contributed by atoms with E-state index in [1.807, 2.05) is 6.92 Å². The number of nitrogens with one attached hydrogen (secondary N) is 1. The first-order valence-electron chi connectivity index (χ1n) is 7.74. The number of hydrogen-bond donors (Lipinski definition) is 2.